The Morgan fingerprint density at radius 2 is 2.08 bits per heavy atom. The smallest absolute Gasteiger partial charge is 0.225 e. The zero-order valence-electron chi connectivity index (χ0n) is 14.5. The van der Waals surface area contributed by atoms with E-state index in [9.17, 15) is 4.79 Å². The third-order valence-corrected chi connectivity index (χ3v) is 5.00. The third-order valence-electron chi connectivity index (χ3n) is 4.59. The normalized spacial score (nSPS) is 15.0. The molecule has 7 heteroatoms. The van der Waals surface area contributed by atoms with E-state index in [2.05, 4.69) is 15.0 Å². The summed E-state index contributed by atoms with van der Waals surface area (Å²) in [5.41, 5.74) is 7.14. The molecule has 134 valence electrons. The molecule has 1 aromatic heterocycles. The van der Waals surface area contributed by atoms with Gasteiger partial charge in [0.25, 0.3) is 0 Å². The minimum atomic E-state index is -0.427. The van der Waals surface area contributed by atoms with Gasteiger partial charge in [0.05, 0.1) is 12.1 Å². The van der Waals surface area contributed by atoms with Crippen molar-refractivity contribution in [2.75, 3.05) is 19.6 Å². The van der Waals surface area contributed by atoms with Crippen LogP contribution in [0.15, 0.2) is 18.2 Å². The van der Waals surface area contributed by atoms with Crippen molar-refractivity contribution in [1.29, 1.82) is 0 Å². The summed E-state index contributed by atoms with van der Waals surface area (Å²) in [6.07, 6.45) is 4.44. The van der Waals surface area contributed by atoms with Crippen molar-refractivity contribution in [3.05, 3.63) is 40.4 Å². The average molecular weight is 362 g/mol. The van der Waals surface area contributed by atoms with Crippen LogP contribution in [-0.4, -0.2) is 45.2 Å². The lowest BCUT2D eigenvalue weighted by Crippen LogP contribution is -2.21. The topological polar surface area (TPSA) is 77.0 Å². The van der Waals surface area contributed by atoms with Crippen LogP contribution in [0.1, 0.15) is 36.5 Å². The number of hydrogen-bond donors (Lipinski definition) is 1. The van der Waals surface area contributed by atoms with Gasteiger partial charge in [-0.15, -0.1) is 0 Å². The fraction of sp³-hybridized carbons (Fsp3) is 0.500. The van der Waals surface area contributed by atoms with E-state index in [4.69, 9.17) is 17.3 Å². The molecule has 1 aliphatic heterocycles. The Balaban J connectivity index is 1.82. The van der Waals surface area contributed by atoms with Crippen LogP contribution in [-0.2, 0) is 17.6 Å². The third kappa shape index (κ3) is 4.38. The average Bonchev–Trinajstić information content (AvgIpc) is 3.20. The molecule has 2 N–H and O–H groups in total. The lowest BCUT2D eigenvalue weighted by Gasteiger charge is -2.14. The summed E-state index contributed by atoms with van der Waals surface area (Å²) in [5.74, 6) is 0.882. The molecule has 25 heavy (non-hydrogen) atoms. The first-order valence-corrected chi connectivity index (χ1v) is 9.13. The van der Waals surface area contributed by atoms with Gasteiger partial charge in [-0.1, -0.05) is 17.7 Å². The number of carbonyl (C=O) groups is 1. The van der Waals surface area contributed by atoms with Crippen LogP contribution in [0.3, 0.4) is 0 Å². The first-order chi connectivity index (χ1) is 12.0. The van der Waals surface area contributed by atoms with Crippen LogP contribution >= 0.6 is 11.6 Å². The molecule has 3 rings (SSSR count). The minimum absolute atomic E-state index is 0.0474. The SMILES string of the molecule is Cc1c(Cl)cccc1-n1nc(CC(N)=O)nc1CCCN1CCCC1. The fourth-order valence-electron chi connectivity index (χ4n) is 3.27. The first kappa shape index (κ1) is 17.9. The number of carbonyl (C=O) groups excluding carboxylic acids is 1. The van der Waals surface area contributed by atoms with Gasteiger partial charge in [-0.2, -0.15) is 5.10 Å². The maximum Gasteiger partial charge on any atom is 0.225 e. The Kier molecular flexibility index (Phi) is 5.71. The zero-order chi connectivity index (χ0) is 17.8. The van der Waals surface area contributed by atoms with E-state index >= 15 is 0 Å². The summed E-state index contributed by atoms with van der Waals surface area (Å²) in [7, 11) is 0. The highest BCUT2D eigenvalue weighted by molar-refractivity contribution is 6.31. The number of amides is 1. The van der Waals surface area contributed by atoms with Crippen molar-refractivity contribution in [3.8, 4) is 5.69 Å². The molecular weight excluding hydrogens is 338 g/mol. The molecule has 1 fully saturated rings. The molecule has 2 heterocycles. The van der Waals surface area contributed by atoms with Crippen LogP contribution in [0.4, 0.5) is 0 Å². The van der Waals surface area contributed by atoms with Gasteiger partial charge in [0.15, 0.2) is 5.82 Å². The van der Waals surface area contributed by atoms with E-state index in [1.54, 1.807) is 0 Å². The molecule has 6 nitrogen and oxygen atoms in total. The molecule has 0 radical (unpaired) electrons. The summed E-state index contributed by atoms with van der Waals surface area (Å²) in [5, 5.41) is 5.19. The summed E-state index contributed by atoms with van der Waals surface area (Å²) < 4.78 is 1.81. The standard InChI is InChI=1S/C18H24ClN5O/c1-13-14(19)6-4-7-15(13)24-18(21-17(22-24)12-16(20)25)8-5-11-23-9-2-3-10-23/h4,6-7H,2-3,5,8-12H2,1H3,(H2,20,25). The molecule has 0 atom stereocenters. The van der Waals surface area contributed by atoms with Gasteiger partial charge in [0, 0.05) is 11.4 Å². The van der Waals surface area contributed by atoms with Gasteiger partial charge in [-0.25, -0.2) is 9.67 Å². The highest BCUT2D eigenvalue weighted by Crippen LogP contribution is 2.23. The van der Waals surface area contributed by atoms with E-state index in [1.165, 1.54) is 25.9 Å². The van der Waals surface area contributed by atoms with Gasteiger partial charge >= 0.3 is 0 Å². The van der Waals surface area contributed by atoms with E-state index < -0.39 is 5.91 Å². The molecular formula is C18H24ClN5O. The van der Waals surface area contributed by atoms with Crippen LogP contribution < -0.4 is 5.73 Å². The van der Waals surface area contributed by atoms with Gasteiger partial charge in [0.1, 0.15) is 5.82 Å². The molecule has 0 saturated carbocycles. The molecule has 1 amide bonds. The lowest BCUT2D eigenvalue weighted by atomic mass is 10.2. The Morgan fingerprint density at radius 1 is 1.32 bits per heavy atom. The molecule has 1 aliphatic rings. The van der Waals surface area contributed by atoms with Gasteiger partial charge in [-0.05, 0) is 63.5 Å². The predicted octanol–water partition coefficient (Wildman–Crippen LogP) is 2.29. The quantitative estimate of drug-likeness (QED) is 0.820. The second-order valence-corrected chi connectivity index (χ2v) is 6.94. The van der Waals surface area contributed by atoms with Crippen LogP contribution in [0.25, 0.3) is 5.69 Å². The Morgan fingerprint density at radius 3 is 2.80 bits per heavy atom. The van der Waals surface area contributed by atoms with E-state index in [-0.39, 0.29) is 6.42 Å². The number of nitrogens with zero attached hydrogens (tertiary/aromatic N) is 4. The van der Waals surface area contributed by atoms with Crippen molar-refractivity contribution < 1.29 is 4.79 Å². The molecule has 2 aromatic rings. The second-order valence-electron chi connectivity index (χ2n) is 6.54. The van der Waals surface area contributed by atoms with Crippen molar-refractivity contribution >= 4 is 17.5 Å². The number of benzene rings is 1. The molecule has 0 spiro atoms. The largest absolute Gasteiger partial charge is 0.369 e. The Labute approximate surface area is 153 Å². The molecule has 0 unspecified atom stereocenters. The highest BCUT2D eigenvalue weighted by atomic mass is 35.5. The van der Waals surface area contributed by atoms with Gasteiger partial charge < -0.3 is 10.6 Å². The fourth-order valence-corrected chi connectivity index (χ4v) is 3.44. The van der Waals surface area contributed by atoms with Crippen LogP contribution in [0.2, 0.25) is 5.02 Å². The monoisotopic (exact) mass is 361 g/mol. The van der Waals surface area contributed by atoms with E-state index in [0.717, 1.165) is 36.5 Å². The maximum absolute atomic E-state index is 11.2. The van der Waals surface area contributed by atoms with Crippen molar-refractivity contribution in [2.45, 2.75) is 39.0 Å². The van der Waals surface area contributed by atoms with Gasteiger partial charge in [-0.3, -0.25) is 4.79 Å². The molecule has 0 aliphatic carbocycles. The number of likely N-dealkylation sites (tertiary alicyclic amines) is 1. The summed E-state index contributed by atoms with van der Waals surface area (Å²) in [4.78, 5) is 18.3. The van der Waals surface area contributed by atoms with Gasteiger partial charge in [0.2, 0.25) is 5.91 Å². The summed E-state index contributed by atoms with van der Waals surface area (Å²) in [6.45, 7) is 5.40. The molecule has 0 bridgehead atoms. The van der Waals surface area contributed by atoms with Crippen molar-refractivity contribution in [1.82, 2.24) is 19.7 Å². The number of aromatic nitrogens is 3. The van der Waals surface area contributed by atoms with Crippen LogP contribution in [0.5, 0.6) is 0 Å². The minimum Gasteiger partial charge on any atom is -0.369 e. The Bertz CT molecular complexity index is 752. The van der Waals surface area contributed by atoms with E-state index in [0.29, 0.717) is 10.8 Å². The maximum atomic E-state index is 11.2. The molecule has 1 saturated heterocycles. The first-order valence-electron chi connectivity index (χ1n) is 8.75. The zero-order valence-corrected chi connectivity index (χ0v) is 15.3. The Hall–Kier alpha value is -1.92. The van der Waals surface area contributed by atoms with Crippen LogP contribution in [0, 0.1) is 6.92 Å². The van der Waals surface area contributed by atoms with Crippen molar-refractivity contribution in [3.63, 3.8) is 0 Å². The summed E-state index contributed by atoms with van der Waals surface area (Å²) >= 11 is 6.26. The lowest BCUT2D eigenvalue weighted by molar-refractivity contribution is -0.117. The number of primary amides is 1. The number of halogens is 1. The number of aryl methyl sites for hydroxylation is 1. The van der Waals surface area contributed by atoms with Crippen molar-refractivity contribution in [2.24, 2.45) is 5.73 Å². The summed E-state index contributed by atoms with van der Waals surface area (Å²) in [6, 6.07) is 5.72. The second kappa shape index (κ2) is 7.97. The number of nitrogens with two attached hydrogens (primary N) is 1. The molecule has 1 aromatic carbocycles. The number of rotatable bonds is 7. The highest BCUT2D eigenvalue weighted by Gasteiger charge is 2.17. The number of hydrogen-bond acceptors (Lipinski definition) is 4. The van der Waals surface area contributed by atoms with E-state index in [1.807, 2.05) is 29.8 Å². The predicted molar refractivity (Wildman–Crippen MR) is 98.0 cm³/mol.